The van der Waals surface area contributed by atoms with E-state index in [4.69, 9.17) is 10.5 Å². The smallest absolute Gasteiger partial charge is 0.228 e. The standard InChI is InChI=1S/C17H18N2O3/c1-22-15-5-3-2-4-13(15)11-17(21)19-14-8-6-12(7-9-14)10-16(18)20/h2-9H,10-11H2,1H3,(H2,18,20)(H,19,21). The van der Waals surface area contributed by atoms with E-state index in [1.165, 1.54) is 0 Å². The first-order valence-electron chi connectivity index (χ1n) is 6.87. The van der Waals surface area contributed by atoms with Crippen LogP contribution in [0, 0.1) is 0 Å². The van der Waals surface area contributed by atoms with Crippen molar-refractivity contribution in [2.45, 2.75) is 12.8 Å². The first-order valence-corrected chi connectivity index (χ1v) is 6.87. The van der Waals surface area contributed by atoms with Gasteiger partial charge in [0.05, 0.1) is 20.0 Å². The Kier molecular flexibility index (Phi) is 5.14. The number of nitrogens with two attached hydrogens (primary N) is 1. The van der Waals surface area contributed by atoms with Gasteiger partial charge in [-0.15, -0.1) is 0 Å². The van der Waals surface area contributed by atoms with Gasteiger partial charge >= 0.3 is 0 Å². The van der Waals surface area contributed by atoms with Gasteiger partial charge in [0, 0.05) is 11.3 Å². The Hall–Kier alpha value is -2.82. The molecule has 2 aromatic carbocycles. The van der Waals surface area contributed by atoms with Gasteiger partial charge in [-0.3, -0.25) is 9.59 Å². The number of amides is 2. The zero-order valence-corrected chi connectivity index (χ0v) is 12.3. The van der Waals surface area contributed by atoms with Gasteiger partial charge in [0.1, 0.15) is 5.75 Å². The normalized spacial score (nSPS) is 10.0. The Morgan fingerprint density at radius 2 is 1.73 bits per heavy atom. The number of hydrogen-bond donors (Lipinski definition) is 2. The molecule has 0 unspecified atom stereocenters. The lowest BCUT2D eigenvalue weighted by molar-refractivity contribution is -0.117. The van der Waals surface area contributed by atoms with Crippen molar-refractivity contribution >= 4 is 17.5 Å². The fourth-order valence-corrected chi connectivity index (χ4v) is 2.13. The van der Waals surface area contributed by atoms with Crippen molar-refractivity contribution < 1.29 is 14.3 Å². The van der Waals surface area contributed by atoms with E-state index >= 15 is 0 Å². The van der Waals surface area contributed by atoms with Crippen LogP contribution in [0.4, 0.5) is 5.69 Å². The van der Waals surface area contributed by atoms with Crippen LogP contribution in [0.5, 0.6) is 5.75 Å². The van der Waals surface area contributed by atoms with Crippen LogP contribution in [0.3, 0.4) is 0 Å². The summed E-state index contributed by atoms with van der Waals surface area (Å²) in [5, 5.41) is 2.81. The fraction of sp³-hybridized carbons (Fsp3) is 0.176. The quantitative estimate of drug-likeness (QED) is 0.854. The second kappa shape index (κ2) is 7.26. The van der Waals surface area contributed by atoms with Gasteiger partial charge in [0.15, 0.2) is 0 Å². The highest BCUT2D eigenvalue weighted by molar-refractivity contribution is 5.92. The Bertz CT molecular complexity index is 666. The molecule has 0 aliphatic carbocycles. The van der Waals surface area contributed by atoms with Gasteiger partial charge in [0.25, 0.3) is 0 Å². The Balaban J connectivity index is 1.98. The Morgan fingerprint density at radius 1 is 1.05 bits per heavy atom. The molecule has 3 N–H and O–H groups in total. The number of ether oxygens (including phenoxy) is 1. The van der Waals surface area contributed by atoms with Crippen molar-refractivity contribution in [1.29, 1.82) is 0 Å². The molecule has 22 heavy (non-hydrogen) atoms. The first-order chi connectivity index (χ1) is 10.6. The molecule has 2 aromatic rings. The van der Waals surface area contributed by atoms with Crippen molar-refractivity contribution in [3.05, 3.63) is 59.7 Å². The summed E-state index contributed by atoms with van der Waals surface area (Å²) in [7, 11) is 1.58. The molecule has 0 aliphatic heterocycles. The summed E-state index contributed by atoms with van der Waals surface area (Å²) in [6.07, 6.45) is 0.419. The summed E-state index contributed by atoms with van der Waals surface area (Å²) in [5.74, 6) is 0.176. The molecule has 0 bridgehead atoms. The SMILES string of the molecule is COc1ccccc1CC(=O)Nc1ccc(CC(N)=O)cc1. The summed E-state index contributed by atoms with van der Waals surface area (Å²) in [6, 6.07) is 14.4. The van der Waals surface area contributed by atoms with Crippen molar-refractivity contribution in [2.24, 2.45) is 5.73 Å². The largest absolute Gasteiger partial charge is 0.496 e. The van der Waals surface area contributed by atoms with Crippen LogP contribution in [0.2, 0.25) is 0 Å². The van der Waals surface area contributed by atoms with Crippen LogP contribution in [-0.4, -0.2) is 18.9 Å². The third-order valence-corrected chi connectivity index (χ3v) is 3.16. The molecule has 0 fully saturated rings. The van der Waals surface area contributed by atoms with E-state index in [-0.39, 0.29) is 24.7 Å². The number of primary amides is 1. The third-order valence-electron chi connectivity index (χ3n) is 3.16. The topological polar surface area (TPSA) is 81.4 Å². The minimum atomic E-state index is -0.382. The molecule has 0 radical (unpaired) electrons. The number of rotatable bonds is 6. The summed E-state index contributed by atoms with van der Waals surface area (Å²) < 4.78 is 5.23. The lowest BCUT2D eigenvalue weighted by Crippen LogP contribution is -2.15. The summed E-state index contributed by atoms with van der Waals surface area (Å²) >= 11 is 0. The van der Waals surface area contributed by atoms with E-state index < -0.39 is 0 Å². The predicted octanol–water partition coefficient (Wildman–Crippen LogP) is 1.90. The lowest BCUT2D eigenvalue weighted by Gasteiger charge is -2.09. The monoisotopic (exact) mass is 298 g/mol. The predicted molar refractivity (Wildman–Crippen MR) is 84.7 cm³/mol. The van der Waals surface area contributed by atoms with Gasteiger partial charge < -0.3 is 15.8 Å². The lowest BCUT2D eigenvalue weighted by atomic mass is 10.1. The molecule has 0 heterocycles. The number of hydrogen-bond acceptors (Lipinski definition) is 3. The van der Waals surface area contributed by atoms with Crippen molar-refractivity contribution in [1.82, 2.24) is 0 Å². The van der Waals surface area contributed by atoms with Crippen LogP contribution in [0.25, 0.3) is 0 Å². The summed E-state index contributed by atoms with van der Waals surface area (Å²) in [6.45, 7) is 0. The summed E-state index contributed by atoms with van der Waals surface area (Å²) in [5.41, 5.74) is 7.45. The van der Waals surface area contributed by atoms with Gasteiger partial charge in [-0.05, 0) is 23.8 Å². The van der Waals surface area contributed by atoms with E-state index in [0.717, 1.165) is 11.1 Å². The number of methoxy groups -OCH3 is 1. The van der Waals surface area contributed by atoms with E-state index in [1.54, 1.807) is 31.4 Å². The van der Waals surface area contributed by atoms with Crippen LogP contribution in [-0.2, 0) is 22.4 Å². The molecule has 0 aromatic heterocycles. The van der Waals surface area contributed by atoms with E-state index in [2.05, 4.69) is 5.32 Å². The molecule has 5 heteroatoms. The molecule has 5 nitrogen and oxygen atoms in total. The third kappa shape index (κ3) is 4.34. The van der Waals surface area contributed by atoms with Gasteiger partial charge in [-0.1, -0.05) is 30.3 Å². The molecule has 2 rings (SSSR count). The fourth-order valence-electron chi connectivity index (χ4n) is 2.13. The number of carbonyl (C=O) groups is 2. The second-order valence-corrected chi connectivity index (χ2v) is 4.88. The second-order valence-electron chi connectivity index (χ2n) is 4.88. The van der Waals surface area contributed by atoms with E-state index in [0.29, 0.717) is 11.4 Å². The van der Waals surface area contributed by atoms with Crippen LogP contribution in [0.1, 0.15) is 11.1 Å². The molecule has 0 spiro atoms. The Morgan fingerprint density at radius 3 is 2.36 bits per heavy atom. The van der Waals surface area contributed by atoms with Crippen molar-refractivity contribution in [2.75, 3.05) is 12.4 Å². The number of benzene rings is 2. The maximum Gasteiger partial charge on any atom is 0.228 e. The number of carbonyl (C=O) groups excluding carboxylic acids is 2. The highest BCUT2D eigenvalue weighted by Gasteiger charge is 2.08. The minimum absolute atomic E-state index is 0.132. The molecule has 0 atom stereocenters. The number of anilines is 1. The first kappa shape index (κ1) is 15.6. The number of para-hydroxylation sites is 1. The van der Waals surface area contributed by atoms with Crippen LogP contribution >= 0.6 is 0 Å². The molecule has 0 saturated carbocycles. The molecule has 0 aliphatic rings. The summed E-state index contributed by atoms with van der Waals surface area (Å²) in [4.78, 5) is 22.9. The molecule has 114 valence electrons. The molecule has 0 saturated heterocycles. The molecular formula is C17H18N2O3. The zero-order chi connectivity index (χ0) is 15.9. The highest BCUT2D eigenvalue weighted by Crippen LogP contribution is 2.18. The zero-order valence-electron chi connectivity index (χ0n) is 12.3. The number of nitrogens with one attached hydrogen (secondary N) is 1. The van der Waals surface area contributed by atoms with Gasteiger partial charge in [-0.2, -0.15) is 0 Å². The van der Waals surface area contributed by atoms with E-state index in [1.807, 2.05) is 24.3 Å². The highest BCUT2D eigenvalue weighted by atomic mass is 16.5. The van der Waals surface area contributed by atoms with E-state index in [9.17, 15) is 9.59 Å². The average Bonchev–Trinajstić information content (AvgIpc) is 2.49. The maximum absolute atomic E-state index is 12.1. The van der Waals surface area contributed by atoms with Gasteiger partial charge in [0.2, 0.25) is 11.8 Å². The van der Waals surface area contributed by atoms with Crippen molar-refractivity contribution in [3.8, 4) is 5.75 Å². The molecule has 2 amide bonds. The molecular weight excluding hydrogens is 280 g/mol. The van der Waals surface area contributed by atoms with Crippen molar-refractivity contribution in [3.63, 3.8) is 0 Å². The maximum atomic E-state index is 12.1. The minimum Gasteiger partial charge on any atom is -0.496 e. The Labute approximate surface area is 129 Å². The van der Waals surface area contributed by atoms with Gasteiger partial charge in [-0.25, -0.2) is 0 Å². The van der Waals surface area contributed by atoms with Crippen LogP contribution in [0.15, 0.2) is 48.5 Å². The van der Waals surface area contributed by atoms with Crippen LogP contribution < -0.4 is 15.8 Å². The average molecular weight is 298 g/mol.